The highest BCUT2D eigenvalue weighted by molar-refractivity contribution is 6.37. The summed E-state index contributed by atoms with van der Waals surface area (Å²) in [4.78, 5) is 23.3. The molecule has 5 nitrogen and oxygen atoms in total. The zero-order valence-electron chi connectivity index (χ0n) is 11.9. The molecular formula is C13H12Cl2F3NO4. The van der Waals surface area contributed by atoms with Crippen LogP contribution < -0.4 is 0 Å². The van der Waals surface area contributed by atoms with Gasteiger partial charge in [0.05, 0.1) is 17.2 Å². The van der Waals surface area contributed by atoms with Gasteiger partial charge in [-0.15, -0.1) is 0 Å². The molecule has 0 fully saturated rings. The van der Waals surface area contributed by atoms with Gasteiger partial charge in [-0.3, -0.25) is 4.79 Å². The average Bonchev–Trinajstić information content (AvgIpc) is 2.46. The number of aromatic hydroxyl groups is 1. The van der Waals surface area contributed by atoms with E-state index in [4.69, 9.17) is 23.2 Å². The molecule has 0 aliphatic carbocycles. The molecule has 0 saturated carbocycles. The first-order valence-electron chi connectivity index (χ1n) is 6.07. The molecule has 0 aliphatic heterocycles. The number of ether oxygens (including phenoxy) is 1. The average molecular weight is 374 g/mol. The van der Waals surface area contributed by atoms with E-state index in [1.807, 2.05) is 0 Å². The van der Waals surface area contributed by atoms with Crippen LogP contribution >= 0.6 is 23.2 Å². The number of carbonyl (C=O) groups excluding carboxylic acids is 2. The molecule has 1 rings (SSSR count). The number of phenols is 1. The lowest BCUT2D eigenvalue weighted by atomic mass is 10.0. The van der Waals surface area contributed by atoms with Crippen molar-refractivity contribution in [3.8, 4) is 5.75 Å². The summed E-state index contributed by atoms with van der Waals surface area (Å²) in [6, 6.07) is 0.917. The van der Waals surface area contributed by atoms with Gasteiger partial charge in [-0.05, 0) is 17.7 Å². The summed E-state index contributed by atoms with van der Waals surface area (Å²) in [7, 11) is 1.82. The molecule has 128 valence electrons. The monoisotopic (exact) mass is 373 g/mol. The molecule has 0 heterocycles. The van der Waals surface area contributed by atoms with Gasteiger partial charge >= 0.3 is 18.1 Å². The standard InChI is InChI=1S/C13H12Cl2F3NO4/c1-19(12(22)13(16,17)18)9(11(21)23-2)5-6-3-7(14)10(20)8(15)4-6/h3-4,9,20H,5H2,1-2H3/t9-/m0/s1. The van der Waals surface area contributed by atoms with Crippen LogP contribution in [-0.4, -0.2) is 48.3 Å². The molecule has 0 aromatic heterocycles. The van der Waals surface area contributed by atoms with Gasteiger partial charge in [0.25, 0.3) is 0 Å². The highest BCUT2D eigenvalue weighted by atomic mass is 35.5. The number of hydrogen-bond donors (Lipinski definition) is 1. The van der Waals surface area contributed by atoms with Crippen molar-refractivity contribution >= 4 is 35.1 Å². The van der Waals surface area contributed by atoms with E-state index in [9.17, 15) is 27.9 Å². The molecule has 1 N–H and O–H groups in total. The quantitative estimate of drug-likeness (QED) is 0.824. The molecule has 1 aromatic rings. The number of phenolic OH excluding ortho intramolecular Hbond substituents is 1. The van der Waals surface area contributed by atoms with E-state index in [1.54, 1.807) is 0 Å². The number of halogens is 5. The van der Waals surface area contributed by atoms with Crippen LogP contribution in [0.25, 0.3) is 0 Å². The minimum atomic E-state index is -5.13. The van der Waals surface area contributed by atoms with Crippen LogP contribution in [0, 0.1) is 0 Å². The lowest BCUT2D eigenvalue weighted by Gasteiger charge is -2.27. The third kappa shape index (κ3) is 4.65. The second kappa shape index (κ2) is 7.27. The van der Waals surface area contributed by atoms with E-state index in [2.05, 4.69) is 4.74 Å². The second-order valence-electron chi connectivity index (χ2n) is 4.56. The lowest BCUT2D eigenvalue weighted by Crippen LogP contribution is -2.49. The number of alkyl halides is 3. The van der Waals surface area contributed by atoms with Crippen molar-refractivity contribution in [1.29, 1.82) is 0 Å². The topological polar surface area (TPSA) is 66.8 Å². The van der Waals surface area contributed by atoms with Crippen molar-refractivity contribution in [2.24, 2.45) is 0 Å². The van der Waals surface area contributed by atoms with E-state index >= 15 is 0 Å². The summed E-state index contributed by atoms with van der Waals surface area (Å²) in [6.07, 6.45) is -5.46. The summed E-state index contributed by atoms with van der Waals surface area (Å²) in [5.74, 6) is -3.62. The molecule has 0 saturated heterocycles. The van der Waals surface area contributed by atoms with Crippen molar-refractivity contribution in [2.45, 2.75) is 18.6 Å². The summed E-state index contributed by atoms with van der Waals surface area (Å²) >= 11 is 11.4. The van der Waals surface area contributed by atoms with Gasteiger partial charge in [0.15, 0.2) is 5.75 Å². The Bertz CT molecular complexity index is 599. The fourth-order valence-electron chi connectivity index (χ4n) is 1.82. The van der Waals surface area contributed by atoms with Crippen molar-refractivity contribution in [3.63, 3.8) is 0 Å². The maximum Gasteiger partial charge on any atom is 0.471 e. The van der Waals surface area contributed by atoms with Gasteiger partial charge in [0.2, 0.25) is 0 Å². The Morgan fingerprint density at radius 2 is 1.78 bits per heavy atom. The van der Waals surface area contributed by atoms with Crippen molar-refractivity contribution in [3.05, 3.63) is 27.7 Å². The molecule has 1 aromatic carbocycles. The number of amides is 1. The Morgan fingerprint density at radius 1 is 1.30 bits per heavy atom. The van der Waals surface area contributed by atoms with Crippen molar-refractivity contribution in [2.75, 3.05) is 14.2 Å². The first kappa shape index (κ1) is 19.4. The van der Waals surface area contributed by atoms with Gasteiger partial charge in [0, 0.05) is 13.5 Å². The number of carbonyl (C=O) groups is 2. The molecular weight excluding hydrogens is 362 g/mol. The Kier molecular flexibility index (Phi) is 6.12. The molecule has 0 bridgehead atoms. The smallest absolute Gasteiger partial charge is 0.471 e. The Balaban J connectivity index is 3.14. The number of nitrogens with zero attached hydrogens (tertiary/aromatic N) is 1. The van der Waals surface area contributed by atoms with E-state index in [1.165, 1.54) is 12.1 Å². The molecule has 0 radical (unpaired) electrons. The number of methoxy groups -OCH3 is 1. The molecule has 23 heavy (non-hydrogen) atoms. The minimum Gasteiger partial charge on any atom is -0.505 e. The van der Waals surface area contributed by atoms with Crippen LogP contribution in [-0.2, 0) is 20.7 Å². The Morgan fingerprint density at radius 3 is 2.17 bits per heavy atom. The summed E-state index contributed by atoms with van der Waals surface area (Å²) in [5, 5.41) is 9.18. The van der Waals surface area contributed by atoms with Gasteiger partial charge in [-0.1, -0.05) is 23.2 Å². The first-order valence-corrected chi connectivity index (χ1v) is 6.83. The fourth-order valence-corrected chi connectivity index (χ4v) is 2.35. The summed E-state index contributed by atoms with van der Waals surface area (Å²) < 4.78 is 42.0. The molecule has 1 amide bonds. The van der Waals surface area contributed by atoms with Crippen LogP contribution in [0.2, 0.25) is 10.0 Å². The first-order chi connectivity index (χ1) is 10.5. The van der Waals surface area contributed by atoms with Gasteiger partial charge in [-0.25, -0.2) is 4.79 Å². The van der Waals surface area contributed by atoms with Crippen molar-refractivity contribution < 1.29 is 32.6 Å². The lowest BCUT2D eigenvalue weighted by molar-refractivity contribution is -0.188. The Labute approximate surface area is 139 Å². The summed E-state index contributed by atoms with van der Waals surface area (Å²) in [5.41, 5.74) is 0.245. The van der Waals surface area contributed by atoms with E-state index < -0.39 is 29.8 Å². The van der Waals surface area contributed by atoms with Crippen LogP contribution in [0.5, 0.6) is 5.75 Å². The molecule has 0 unspecified atom stereocenters. The maximum atomic E-state index is 12.5. The van der Waals surface area contributed by atoms with Crippen LogP contribution in [0.3, 0.4) is 0 Å². The minimum absolute atomic E-state index is 0.138. The normalized spacial score (nSPS) is 12.7. The predicted octanol–water partition coefficient (Wildman–Crippen LogP) is 2.80. The van der Waals surface area contributed by atoms with Gasteiger partial charge < -0.3 is 14.7 Å². The Hall–Kier alpha value is -1.67. The molecule has 10 heteroatoms. The van der Waals surface area contributed by atoms with Crippen LogP contribution in [0.4, 0.5) is 13.2 Å². The molecule has 0 aliphatic rings. The predicted molar refractivity (Wildman–Crippen MR) is 76.5 cm³/mol. The van der Waals surface area contributed by atoms with E-state index in [0.29, 0.717) is 0 Å². The third-order valence-electron chi connectivity index (χ3n) is 3.01. The van der Waals surface area contributed by atoms with Crippen molar-refractivity contribution in [1.82, 2.24) is 4.90 Å². The van der Waals surface area contributed by atoms with E-state index in [0.717, 1.165) is 14.2 Å². The number of benzene rings is 1. The zero-order valence-corrected chi connectivity index (χ0v) is 13.5. The largest absolute Gasteiger partial charge is 0.505 e. The third-order valence-corrected chi connectivity index (χ3v) is 3.59. The van der Waals surface area contributed by atoms with Crippen LogP contribution in [0.15, 0.2) is 12.1 Å². The van der Waals surface area contributed by atoms with E-state index in [-0.39, 0.29) is 26.9 Å². The maximum absolute atomic E-state index is 12.5. The van der Waals surface area contributed by atoms with Gasteiger partial charge in [-0.2, -0.15) is 13.2 Å². The fraction of sp³-hybridized carbons (Fsp3) is 0.385. The molecule has 1 atom stereocenters. The number of esters is 1. The van der Waals surface area contributed by atoms with Gasteiger partial charge in [0.1, 0.15) is 6.04 Å². The molecule has 0 spiro atoms. The highest BCUT2D eigenvalue weighted by Crippen LogP contribution is 2.33. The summed E-state index contributed by atoms with van der Waals surface area (Å²) in [6.45, 7) is 0. The number of likely N-dealkylation sites (N-methyl/N-ethyl adjacent to an activating group) is 1. The second-order valence-corrected chi connectivity index (χ2v) is 5.38. The number of rotatable bonds is 4. The van der Waals surface area contributed by atoms with Crippen LogP contribution in [0.1, 0.15) is 5.56 Å². The SMILES string of the molecule is COC(=O)[C@H](Cc1cc(Cl)c(O)c(Cl)c1)N(C)C(=O)C(F)(F)F. The zero-order chi connectivity index (χ0) is 17.9. The highest BCUT2D eigenvalue weighted by Gasteiger charge is 2.44. The number of hydrogen-bond acceptors (Lipinski definition) is 4.